The van der Waals surface area contributed by atoms with Crippen LogP contribution in [0.5, 0.6) is 5.75 Å². The number of aromatic nitrogens is 1. The molecule has 4 rings (SSSR count). The highest BCUT2D eigenvalue weighted by atomic mass is 19.1. The fraction of sp³-hybridized carbons (Fsp3) is 0.435. The van der Waals surface area contributed by atoms with Crippen LogP contribution in [-0.2, 0) is 0 Å². The lowest BCUT2D eigenvalue weighted by Crippen LogP contribution is -2.47. The number of hydrogen-bond donors (Lipinski definition) is 2. The molecule has 3 heterocycles. The summed E-state index contributed by atoms with van der Waals surface area (Å²) in [5, 5.41) is 12.8. The SMILES string of the molecule is C=C(F)/C(CNC(=O)c1cn2c(c(O)c1=O)C(=O)N1C[C@@H]3CC[C@@H](C3)[C@@H]2C1)=C(F)\C=C(/C)F. The average Bonchev–Trinajstić information content (AvgIpc) is 3.11. The molecule has 1 aromatic heterocycles. The number of carbonyl (C=O) groups excluding carboxylic acids is 2. The molecule has 1 aliphatic carbocycles. The summed E-state index contributed by atoms with van der Waals surface area (Å²) < 4.78 is 42.2. The van der Waals surface area contributed by atoms with Crippen LogP contribution in [0.2, 0.25) is 0 Å². The first-order valence-electron chi connectivity index (χ1n) is 10.7. The monoisotopic (exact) mass is 463 g/mol. The number of rotatable bonds is 5. The summed E-state index contributed by atoms with van der Waals surface area (Å²) in [4.78, 5) is 40.0. The summed E-state index contributed by atoms with van der Waals surface area (Å²) in [6.45, 7) is 4.24. The molecular weight excluding hydrogens is 439 g/mol. The molecule has 176 valence electrons. The lowest BCUT2D eigenvalue weighted by Gasteiger charge is -2.38. The highest BCUT2D eigenvalue weighted by Gasteiger charge is 2.44. The van der Waals surface area contributed by atoms with E-state index in [0.29, 0.717) is 25.1 Å². The zero-order valence-electron chi connectivity index (χ0n) is 18.0. The van der Waals surface area contributed by atoms with E-state index in [1.54, 1.807) is 4.90 Å². The highest BCUT2D eigenvalue weighted by Crippen LogP contribution is 2.45. The molecule has 4 bridgehead atoms. The van der Waals surface area contributed by atoms with Crippen molar-refractivity contribution in [3.05, 3.63) is 63.4 Å². The zero-order chi connectivity index (χ0) is 24.0. The Kier molecular flexibility index (Phi) is 5.94. The van der Waals surface area contributed by atoms with Crippen LogP contribution in [-0.4, -0.2) is 46.0 Å². The molecule has 33 heavy (non-hydrogen) atoms. The largest absolute Gasteiger partial charge is 0.503 e. The third-order valence-electron chi connectivity index (χ3n) is 6.68. The predicted octanol–water partition coefficient (Wildman–Crippen LogP) is 3.29. The number of fused-ring (bicyclic) bond motifs is 7. The van der Waals surface area contributed by atoms with Crippen molar-refractivity contribution < 1.29 is 27.9 Å². The van der Waals surface area contributed by atoms with Crippen LogP contribution in [0.1, 0.15) is 53.1 Å². The van der Waals surface area contributed by atoms with Gasteiger partial charge in [0.1, 0.15) is 17.2 Å². The molecule has 10 heteroatoms. The average molecular weight is 463 g/mol. The van der Waals surface area contributed by atoms with Gasteiger partial charge >= 0.3 is 0 Å². The van der Waals surface area contributed by atoms with Crippen LogP contribution in [0, 0.1) is 11.8 Å². The van der Waals surface area contributed by atoms with Gasteiger partial charge in [0.25, 0.3) is 11.8 Å². The number of halogens is 3. The maximum atomic E-state index is 14.1. The van der Waals surface area contributed by atoms with E-state index in [9.17, 15) is 32.7 Å². The van der Waals surface area contributed by atoms with Crippen LogP contribution in [0.4, 0.5) is 13.2 Å². The van der Waals surface area contributed by atoms with Crippen LogP contribution < -0.4 is 10.7 Å². The maximum Gasteiger partial charge on any atom is 0.274 e. The maximum absolute atomic E-state index is 14.1. The van der Waals surface area contributed by atoms with E-state index in [2.05, 4.69) is 11.9 Å². The van der Waals surface area contributed by atoms with E-state index in [4.69, 9.17) is 0 Å². The predicted molar refractivity (Wildman–Crippen MR) is 114 cm³/mol. The smallest absolute Gasteiger partial charge is 0.274 e. The molecule has 0 radical (unpaired) electrons. The Labute approximate surface area is 187 Å². The topological polar surface area (TPSA) is 91.6 Å². The van der Waals surface area contributed by atoms with Crippen molar-refractivity contribution in [2.24, 2.45) is 11.8 Å². The van der Waals surface area contributed by atoms with Crippen molar-refractivity contribution in [1.29, 1.82) is 0 Å². The number of pyridine rings is 1. The Bertz CT molecular complexity index is 1170. The Morgan fingerprint density at radius 1 is 1.27 bits per heavy atom. The lowest BCUT2D eigenvalue weighted by molar-refractivity contribution is 0.0623. The first-order valence-corrected chi connectivity index (χ1v) is 10.7. The van der Waals surface area contributed by atoms with E-state index in [1.807, 2.05) is 0 Å². The van der Waals surface area contributed by atoms with Gasteiger partial charge in [-0.2, -0.15) is 0 Å². The molecule has 2 aliphatic heterocycles. The summed E-state index contributed by atoms with van der Waals surface area (Å²) in [5.74, 6) is -5.06. The zero-order valence-corrected chi connectivity index (χ0v) is 18.0. The van der Waals surface area contributed by atoms with Gasteiger partial charge in [-0.05, 0) is 38.0 Å². The molecule has 1 aromatic rings. The summed E-state index contributed by atoms with van der Waals surface area (Å²) in [5.41, 5.74) is -2.35. The number of hydrogen-bond acceptors (Lipinski definition) is 4. The second-order valence-corrected chi connectivity index (χ2v) is 8.84. The van der Waals surface area contributed by atoms with Gasteiger partial charge in [-0.25, -0.2) is 13.2 Å². The van der Waals surface area contributed by atoms with Crippen LogP contribution in [0.15, 0.2) is 46.7 Å². The van der Waals surface area contributed by atoms with E-state index in [1.165, 1.54) is 10.8 Å². The van der Waals surface area contributed by atoms with Crippen LogP contribution in [0.25, 0.3) is 0 Å². The number of carbonyl (C=O) groups is 2. The van der Waals surface area contributed by atoms with Crippen LogP contribution in [0.3, 0.4) is 0 Å². The summed E-state index contributed by atoms with van der Waals surface area (Å²) in [6.07, 6.45) is 4.53. The van der Waals surface area contributed by atoms with Gasteiger partial charge in [-0.3, -0.25) is 14.4 Å². The third kappa shape index (κ3) is 4.09. The van der Waals surface area contributed by atoms with Crippen molar-refractivity contribution >= 4 is 11.8 Å². The van der Waals surface area contributed by atoms with Crippen molar-refractivity contribution in [2.75, 3.05) is 19.6 Å². The summed E-state index contributed by atoms with van der Waals surface area (Å²) in [7, 11) is 0. The fourth-order valence-electron chi connectivity index (χ4n) is 5.11. The van der Waals surface area contributed by atoms with Gasteiger partial charge in [-0.1, -0.05) is 6.58 Å². The number of amides is 2. The Morgan fingerprint density at radius 3 is 2.67 bits per heavy atom. The highest BCUT2D eigenvalue weighted by molar-refractivity contribution is 5.99. The van der Waals surface area contributed by atoms with Gasteiger partial charge in [0.15, 0.2) is 11.4 Å². The number of allylic oxidation sites excluding steroid dienone is 3. The van der Waals surface area contributed by atoms with Gasteiger partial charge in [-0.15, -0.1) is 0 Å². The summed E-state index contributed by atoms with van der Waals surface area (Å²) >= 11 is 0. The van der Waals surface area contributed by atoms with Gasteiger partial charge < -0.3 is 19.9 Å². The van der Waals surface area contributed by atoms with Crippen molar-refractivity contribution in [1.82, 2.24) is 14.8 Å². The standard InChI is InChI=1S/C23H24F3N3O4/c1-11(24)5-17(26)15(12(2)25)7-27-22(32)16-9-29-18-10-28(8-13-3-4-14(18)6-13)23(33)19(29)21(31)20(16)30/h5,9,13-14,18,31H,2-4,6-8,10H2,1H3,(H,27,32)/b11-5+,17-15+/t13-,14+,18+/m1/s1. The number of aromatic hydroxyl groups is 1. The molecule has 7 nitrogen and oxygen atoms in total. The van der Waals surface area contributed by atoms with Gasteiger partial charge in [0.2, 0.25) is 5.43 Å². The molecule has 2 amide bonds. The fourth-order valence-corrected chi connectivity index (χ4v) is 5.11. The van der Waals surface area contributed by atoms with Gasteiger partial charge in [0.05, 0.1) is 11.9 Å². The second kappa shape index (κ2) is 8.57. The molecular formula is C23H24F3N3O4. The quantitative estimate of drug-likeness (QED) is 0.656. The molecule has 0 aromatic carbocycles. The van der Waals surface area contributed by atoms with Crippen molar-refractivity contribution in [3.8, 4) is 5.75 Å². The molecule has 1 saturated heterocycles. The third-order valence-corrected chi connectivity index (χ3v) is 6.68. The Balaban J connectivity index is 1.68. The molecule has 2 fully saturated rings. The van der Waals surface area contributed by atoms with Crippen molar-refractivity contribution in [3.63, 3.8) is 0 Å². The number of nitrogens with one attached hydrogen (secondary N) is 1. The van der Waals surface area contributed by atoms with E-state index < -0.39 is 58.2 Å². The normalized spacial score (nSPS) is 24.7. The lowest BCUT2D eigenvalue weighted by atomic mass is 9.95. The number of nitrogens with zero attached hydrogens (tertiary/aromatic N) is 2. The molecule has 3 aliphatic rings. The Morgan fingerprint density at radius 2 is 2.00 bits per heavy atom. The van der Waals surface area contributed by atoms with Crippen molar-refractivity contribution in [2.45, 2.75) is 32.2 Å². The molecule has 3 atom stereocenters. The first-order chi connectivity index (χ1) is 15.6. The summed E-state index contributed by atoms with van der Waals surface area (Å²) in [6, 6.07) is -0.195. The molecule has 1 saturated carbocycles. The van der Waals surface area contributed by atoms with Gasteiger partial charge in [0, 0.05) is 37.5 Å². The molecule has 2 N–H and O–H groups in total. The van der Waals surface area contributed by atoms with E-state index in [-0.39, 0.29) is 17.7 Å². The second-order valence-electron chi connectivity index (χ2n) is 8.84. The molecule has 0 unspecified atom stereocenters. The minimum atomic E-state index is -1.26. The Hall–Kier alpha value is -3.30. The minimum Gasteiger partial charge on any atom is -0.503 e. The van der Waals surface area contributed by atoms with Crippen LogP contribution >= 0.6 is 0 Å². The molecule has 0 spiro atoms. The van der Waals surface area contributed by atoms with E-state index >= 15 is 0 Å². The first kappa shape index (κ1) is 22.9. The van der Waals surface area contributed by atoms with E-state index in [0.717, 1.165) is 26.2 Å². The minimum absolute atomic E-state index is 0.146.